The van der Waals surface area contributed by atoms with Gasteiger partial charge in [0.2, 0.25) is 0 Å². The van der Waals surface area contributed by atoms with Crippen molar-refractivity contribution >= 4 is 28.6 Å². The first-order chi connectivity index (χ1) is 15.5. The fourth-order valence-electron chi connectivity index (χ4n) is 3.87. The van der Waals surface area contributed by atoms with Crippen LogP contribution in [0.1, 0.15) is 51.1 Å². The van der Waals surface area contributed by atoms with E-state index in [1.807, 2.05) is 12.1 Å². The zero-order valence-electron chi connectivity index (χ0n) is 18.3. The molecular formula is C27H27NO2S2. The Morgan fingerprint density at radius 1 is 0.938 bits per heavy atom. The van der Waals surface area contributed by atoms with Gasteiger partial charge in [0.15, 0.2) is 0 Å². The number of carboxylic acids is 1. The predicted molar refractivity (Wildman–Crippen MR) is 134 cm³/mol. The van der Waals surface area contributed by atoms with Crippen molar-refractivity contribution in [3.8, 4) is 11.3 Å². The molecule has 164 valence electrons. The summed E-state index contributed by atoms with van der Waals surface area (Å²) in [7, 11) is 0. The Morgan fingerprint density at radius 3 is 2.31 bits per heavy atom. The summed E-state index contributed by atoms with van der Waals surface area (Å²) < 4.78 is 0. The first kappa shape index (κ1) is 22.4. The molecule has 0 saturated heterocycles. The molecule has 0 radical (unpaired) electrons. The van der Waals surface area contributed by atoms with E-state index in [1.54, 1.807) is 34.8 Å². The first-order valence-corrected chi connectivity index (χ1v) is 12.6. The molecule has 2 heterocycles. The smallest absolute Gasteiger partial charge is 0.335 e. The molecule has 0 fully saturated rings. The van der Waals surface area contributed by atoms with Crippen molar-refractivity contribution < 1.29 is 9.90 Å². The summed E-state index contributed by atoms with van der Waals surface area (Å²) in [6, 6.07) is 20.3. The molecule has 2 aromatic carbocycles. The van der Waals surface area contributed by atoms with Crippen molar-refractivity contribution in [1.29, 1.82) is 0 Å². The first-order valence-electron chi connectivity index (χ1n) is 10.9. The number of nitrogens with zero attached hydrogens (tertiary/aromatic N) is 1. The largest absolute Gasteiger partial charge is 0.478 e. The second-order valence-electron chi connectivity index (χ2n) is 8.46. The number of hydrogen-bond acceptors (Lipinski definition) is 4. The Kier molecular flexibility index (Phi) is 7.18. The lowest BCUT2D eigenvalue weighted by molar-refractivity contribution is 0.0697. The number of thiophene rings is 1. The van der Waals surface area contributed by atoms with Crippen LogP contribution >= 0.6 is 22.7 Å². The van der Waals surface area contributed by atoms with Crippen molar-refractivity contribution in [2.24, 2.45) is 5.92 Å². The monoisotopic (exact) mass is 461 g/mol. The summed E-state index contributed by atoms with van der Waals surface area (Å²) in [6.45, 7) is 4.41. The van der Waals surface area contributed by atoms with Crippen LogP contribution in [0.4, 0.5) is 0 Å². The number of aromatic carboxylic acids is 1. The molecule has 4 rings (SSSR count). The summed E-state index contributed by atoms with van der Waals surface area (Å²) in [6.07, 6.45) is 2.81. The Bertz CT molecular complexity index is 1140. The van der Waals surface area contributed by atoms with E-state index in [-0.39, 0.29) is 0 Å². The molecule has 0 spiro atoms. The molecular weight excluding hydrogens is 434 g/mol. The van der Waals surface area contributed by atoms with E-state index < -0.39 is 5.97 Å². The fourth-order valence-corrected chi connectivity index (χ4v) is 5.61. The maximum atomic E-state index is 11.2. The number of rotatable bonds is 9. The minimum absolute atomic E-state index is 0.330. The van der Waals surface area contributed by atoms with E-state index in [1.165, 1.54) is 10.4 Å². The molecule has 3 nitrogen and oxygen atoms in total. The van der Waals surface area contributed by atoms with Crippen molar-refractivity contribution in [3.63, 3.8) is 0 Å². The summed E-state index contributed by atoms with van der Waals surface area (Å²) in [5.41, 5.74) is 5.04. The van der Waals surface area contributed by atoms with Crippen LogP contribution < -0.4 is 0 Å². The van der Waals surface area contributed by atoms with Crippen LogP contribution in [0.25, 0.3) is 11.3 Å². The molecule has 0 saturated carbocycles. The molecule has 0 aliphatic carbocycles. The molecule has 4 aromatic rings. The molecule has 1 unspecified atom stereocenters. The molecule has 0 aliphatic rings. The average molecular weight is 462 g/mol. The summed E-state index contributed by atoms with van der Waals surface area (Å²) >= 11 is 3.52. The van der Waals surface area contributed by atoms with Gasteiger partial charge in [-0.15, -0.1) is 22.7 Å². The summed E-state index contributed by atoms with van der Waals surface area (Å²) in [5.74, 6) is 0.0488. The topological polar surface area (TPSA) is 50.2 Å². The molecule has 0 bridgehead atoms. The van der Waals surface area contributed by atoms with Crippen LogP contribution in [0.3, 0.4) is 0 Å². The normalized spacial score (nSPS) is 12.2. The number of carboxylic acid groups (broad SMARTS) is 1. The number of hydrogen-bond donors (Lipinski definition) is 1. The molecule has 1 atom stereocenters. The standard InChI is InChI=1S/C27H27NO2S2/c1-18(2)21-9-11-22(12-10-21)25-17-32-26(28-25)16-20(15-24-4-3-13-31-24)14-19-5-7-23(8-6-19)27(29)30/h3-13,17-18,20H,14-16H2,1-2H3,(H,29,30). The van der Waals surface area contributed by atoms with Gasteiger partial charge in [-0.1, -0.05) is 56.3 Å². The molecule has 5 heteroatoms. The minimum Gasteiger partial charge on any atom is -0.478 e. The highest BCUT2D eigenvalue weighted by atomic mass is 32.1. The van der Waals surface area contributed by atoms with Gasteiger partial charge in [0.05, 0.1) is 16.3 Å². The van der Waals surface area contributed by atoms with Crippen molar-refractivity contribution in [3.05, 3.63) is 98.0 Å². The van der Waals surface area contributed by atoms with Crippen LogP contribution in [-0.2, 0) is 19.3 Å². The highest BCUT2D eigenvalue weighted by Gasteiger charge is 2.16. The van der Waals surface area contributed by atoms with E-state index in [4.69, 9.17) is 10.1 Å². The number of thiazole rings is 1. The van der Waals surface area contributed by atoms with Gasteiger partial charge in [-0.2, -0.15) is 0 Å². The predicted octanol–water partition coefficient (Wildman–Crippen LogP) is 7.34. The minimum atomic E-state index is -0.886. The van der Waals surface area contributed by atoms with Gasteiger partial charge in [-0.05, 0) is 59.4 Å². The van der Waals surface area contributed by atoms with Crippen molar-refractivity contribution in [1.82, 2.24) is 4.98 Å². The second kappa shape index (κ2) is 10.2. The van der Waals surface area contributed by atoms with Gasteiger partial charge in [-0.25, -0.2) is 9.78 Å². The fraction of sp³-hybridized carbons (Fsp3) is 0.259. The van der Waals surface area contributed by atoms with Crippen LogP contribution in [0.2, 0.25) is 0 Å². The van der Waals surface area contributed by atoms with E-state index in [0.29, 0.717) is 17.4 Å². The quantitative estimate of drug-likeness (QED) is 0.284. The Morgan fingerprint density at radius 2 is 1.69 bits per heavy atom. The van der Waals surface area contributed by atoms with Gasteiger partial charge in [0.25, 0.3) is 0 Å². The molecule has 32 heavy (non-hydrogen) atoms. The lowest BCUT2D eigenvalue weighted by atomic mass is 9.92. The maximum absolute atomic E-state index is 11.2. The third-order valence-corrected chi connectivity index (χ3v) is 7.45. The highest BCUT2D eigenvalue weighted by Crippen LogP contribution is 2.28. The highest BCUT2D eigenvalue weighted by molar-refractivity contribution is 7.10. The van der Waals surface area contributed by atoms with E-state index in [9.17, 15) is 4.79 Å². The molecule has 2 aromatic heterocycles. The Balaban J connectivity index is 1.50. The van der Waals surface area contributed by atoms with E-state index in [2.05, 4.69) is 61.0 Å². The van der Waals surface area contributed by atoms with Gasteiger partial charge in [0.1, 0.15) is 0 Å². The zero-order valence-corrected chi connectivity index (χ0v) is 20.0. The molecule has 0 aliphatic heterocycles. The average Bonchev–Trinajstić information content (AvgIpc) is 3.46. The Labute approximate surface area is 197 Å². The van der Waals surface area contributed by atoms with Gasteiger partial charge in [0, 0.05) is 22.2 Å². The number of carbonyl (C=O) groups is 1. The molecule has 0 amide bonds. The third kappa shape index (κ3) is 5.72. The van der Waals surface area contributed by atoms with Gasteiger partial charge in [-0.3, -0.25) is 0 Å². The third-order valence-electron chi connectivity index (χ3n) is 5.68. The maximum Gasteiger partial charge on any atom is 0.335 e. The van der Waals surface area contributed by atoms with Crippen LogP contribution in [-0.4, -0.2) is 16.1 Å². The molecule has 1 N–H and O–H groups in total. The lowest BCUT2D eigenvalue weighted by Crippen LogP contribution is -2.11. The Hall–Kier alpha value is -2.76. The van der Waals surface area contributed by atoms with Crippen molar-refractivity contribution in [2.45, 2.75) is 39.0 Å². The van der Waals surface area contributed by atoms with Crippen LogP contribution in [0.5, 0.6) is 0 Å². The second-order valence-corrected chi connectivity index (χ2v) is 10.4. The number of benzene rings is 2. The summed E-state index contributed by atoms with van der Waals surface area (Å²) in [4.78, 5) is 17.5. The zero-order chi connectivity index (χ0) is 22.5. The van der Waals surface area contributed by atoms with Gasteiger partial charge < -0.3 is 5.11 Å². The SMILES string of the molecule is CC(C)c1ccc(-c2csc(CC(Cc3ccc(C(=O)O)cc3)Cc3cccs3)n2)cc1. The van der Waals surface area contributed by atoms with Crippen molar-refractivity contribution in [2.75, 3.05) is 0 Å². The van der Waals surface area contributed by atoms with Gasteiger partial charge >= 0.3 is 5.97 Å². The van der Waals surface area contributed by atoms with E-state index >= 15 is 0 Å². The van der Waals surface area contributed by atoms with E-state index in [0.717, 1.165) is 41.1 Å². The summed E-state index contributed by atoms with van der Waals surface area (Å²) in [5, 5.41) is 14.6. The lowest BCUT2D eigenvalue weighted by Gasteiger charge is -2.15. The number of aromatic nitrogens is 1. The van der Waals surface area contributed by atoms with Crippen LogP contribution in [0, 0.1) is 5.92 Å². The van der Waals surface area contributed by atoms with Crippen LogP contribution in [0.15, 0.2) is 71.4 Å².